The van der Waals surface area contributed by atoms with Crippen molar-refractivity contribution in [1.82, 2.24) is 0 Å². The van der Waals surface area contributed by atoms with Crippen molar-refractivity contribution in [3.8, 4) is 0 Å². The normalized spacial score (nSPS) is 4.92. The van der Waals surface area contributed by atoms with Crippen molar-refractivity contribution < 1.29 is 94.2 Å². The fourth-order valence-corrected chi connectivity index (χ4v) is 0. The monoisotopic (exact) mass is 348 g/mol. The van der Waals surface area contributed by atoms with Crippen molar-refractivity contribution in [2.45, 2.75) is 0 Å². The van der Waals surface area contributed by atoms with E-state index in [1.807, 2.05) is 0 Å². The van der Waals surface area contributed by atoms with Crippen LogP contribution in [0.4, 0.5) is 28.2 Å². The van der Waals surface area contributed by atoms with E-state index in [2.05, 4.69) is 0 Å². The molecule has 0 rings (SSSR count). The first-order valence-corrected chi connectivity index (χ1v) is 5.25. The van der Waals surface area contributed by atoms with Crippen molar-refractivity contribution in [3.63, 3.8) is 0 Å². The maximum absolute atomic E-state index is 8.97. The summed E-state index contributed by atoms with van der Waals surface area (Å²) in [5.41, 5.74) is 0. The zero-order chi connectivity index (χ0) is 4.50. The Morgan fingerprint density at radius 2 is 0.750 bits per heavy atom. The van der Waals surface area contributed by atoms with E-state index in [9.17, 15) is 0 Å². The van der Waals surface area contributed by atoms with Gasteiger partial charge in [-0.05, 0) is 0 Å². The van der Waals surface area contributed by atoms with Crippen LogP contribution >= 0.6 is 0 Å². The second kappa shape index (κ2) is 29.3. The minimum atomic E-state index is -5.35. The molecular weight excluding hydrogens is 339 g/mol. The van der Waals surface area contributed by atoms with E-state index in [1.54, 1.807) is 0 Å². The molecule has 0 saturated heterocycles. The molecule has 12 heteroatoms. The number of hydrogen-bond donors (Lipinski definition) is 3. The van der Waals surface area contributed by atoms with Gasteiger partial charge >= 0.3 is 84.6 Å². The fourth-order valence-electron chi connectivity index (χ4n) is 0. The Labute approximate surface area is 113 Å². The third kappa shape index (κ3) is 457. The molecule has 0 aliphatic rings. The first-order chi connectivity index (χ1) is 2.00. The molecule has 0 aromatic rings. The zero-order valence-electron chi connectivity index (χ0n) is 6.65. The van der Waals surface area contributed by atoms with Crippen LogP contribution in [-0.2, 0) is 3.02 Å². The van der Waals surface area contributed by atoms with Gasteiger partial charge < -0.3 is 1.43 Å². The standard InChI is InChI=1S/6FH.K.3H2O.O.Sb.H/h6*1H;;3*1H2;;;/q;;;;;;+1;;;;;+3;-1/p-3. The summed E-state index contributed by atoms with van der Waals surface area (Å²) in [6, 6.07) is 0. The summed E-state index contributed by atoms with van der Waals surface area (Å²) in [4.78, 5) is 0. The second-order valence-corrected chi connectivity index (χ2v) is 3.44. The summed E-state index contributed by atoms with van der Waals surface area (Å²) in [7, 11) is 0. The Balaban J connectivity index is -0.00000000286. The van der Waals surface area contributed by atoms with Gasteiger partial charge in [-0.25, -0.2) is 0 Å². The summed E-state index contributed by atoms with van der Waals surface area (Å²) < 4.78 is 30.8. The molecule has 0 aliphatic heterocycles. The average molecular weight is 349 g/mol. The summed E-state index contributed by atoms with van der Waals surface area (Å²) in [6.07, 6.45) is 0. The van der Waals surface area contributed by atoms with E-state index in [0.29, 0.717) is 0 Å². The van der Waals surface area contributed by atoms with Crippen LogP contribution in [0.3, 0.4) is 0 Å². The summed E-state index contributed by atoms with van der Waals surface area (Å²) in [6.45, 7) is 0. The summed E-state index contributed by atoms with van der Waals surface area (Å²) in [5, 5.41) is 0. The predicted molar refractivity (Wildman–Crippen MR) is 29.2 cm³/mol. The second-order valence-electron chi connectivity index (χ2n) is 0.513. The van der Waals surface area contributed by atoms with Gasteiger partial charge in [0.25, 0.3) is 0 Å². The van der Waals surface area contributed by atoms with Gasteiger partial charge in [0.15, 0.2) is 0 Å². The van der Waals surface area contributed by atoms with E-state index in [-0.39, 0.29) is 81.0 Å². The summed E-state index contributed by atoms with van der Waals surface area (Å²) >= 11 is -5.35. The van der Waals surface area contributed by atoms with E-state index in [1.165, 1.54) is 0 Å². The SMILES string of the molecule is F.F.F.F.F.F.[H-].[K+].[O]=[Sb]([OH])([OH])[OH]. The molecule has 82 valence electrons. The van der Waals surface area contributed by atoms with Crippen LogP contribution in [0.1, 0.15) is 1.43 Å². The summed E-state index contributed by atoms with van der Waals surface area (Å²) in [5.74, 6) is 0. The van der Waals surface area contributed by atoms with Crippen molar-refractivity contribution in [3.05, 3.63) is 0 Å². The Bertz CT molecular complexity index is 70.8. The molecule has 0 amide bonds. The molecule has 0 bridgehead atoms. The van der Waals surface area contributed by atoms with Gasteiger partial charge in [0, 0.05) is 0 Å². The van der Waals surface area contributed by atoms with Crippen molar-refractivity contribution >= 4 is 20.1 Å². The van der Waals surface area contributed by atoms with E-state index in [0.717, 1.165) is 0 Å². The zero-order valence-corrected chi connectivity index (χ0v) is 11.3. The Hall–Kier alpha value is 1.71. The molecule has 0 heterocycles. The average Bonchev–Trinajstić information content (AvgIpc) is 0.722. The van der Waals surface area contributed by atoms with Gasteiger partial charge in [-0.1, -0.05) is 0 Å². The Morgan fingerprint density at radius 3 is 0.750 bits per heavy atom. The molecule has 0 spiro atoms. The maximum atomic E-state index is 8.97. The van der Waals surface area contributed by atoms with Crippen LogP contribution < -0.4 is 51.4 Å². The molecule has 0 saturated carbocycles. The fraction of sp³-hybridized carbons (Fsp3) is 0. The van der Waals surface area contributed by atoms with Crippen molar-refractivity contribution in [2.24, 2.45) is 0 Å². The molecule has 0 fully saturated rings. The van der Waals surface area contributed by atoms with Crippen LogP contribution in [0.15, 0.2) is 0 Å². The molecule has 3 N–H and O–H groups in total. The van der Waals surface area contributed by atoms with Crippen LogP contribution in [0.2, 0.25) is 0 Å². The molecule has 12 heavy (non-hydrogen) atoms. The molecule has 4 nitrogen and oxygen atoms in total. The van der Waals surface area contributed by atoms with Crippen molar-refractivity contribution in [2.75, 3.05) is 0 Å². The molecule has 0 radical (unpaired) electrons. The Morgan fingerprint density at radius 1 is 0.750 bits per heavy atom. The Kier molecular flexibility index (Phi) is 166. The minimum absolute atomic E-state index is 0. The van der Waals surface area contributed by atoms with Gasteiger partial charge in [-0.2, -0.15) is 0 Å². The third-order valence-corrected chi connectivity index (χ3v) is 0. The number of hydrogen-bond acceptors (Lipinski definition) is 1. The van der Waals surface area contributed by atoms with Crippen molar-refractivity contribution in [1.29, 1.82) is 0 Å². The predicted octanol–water partition coefficient (Wildman–Crippen LogP) is -4.14. The first-order valence-electron chi connectivity index (χ1n) is 0.783. The van der Waals surface area contributed by atoms with Crippen LogP contribution in [0.25, 0.3) is 0 Å². The van der Waals surface area contributed by atoms with E-state index >= 15 is 0 Å². The third-order valence-electron chi connectivity index (χ3n) is 0. The number of rotatable bonds is 0. The van der Waals surface area contributed by atoms with Crippen LogP contribution in [0.5, 0.6) is 0 Å². The quantitative estimate of drug-likeness (QED) is 0.307. The molecule has 0 aliphatic carbocycles. The molecular formula is H10F6KO4Sb. The number of halogens is 6. The van der Waals surface area contributed by atoms with E-state index < -0.39 is 20.1 Å². The first kappa shape index (κ1) is 67.9. The molecule has 0 unspecified atom stereocenters. The molecule has 0 atom stereocenters. The van der Waals surface area contributed by atoms with Crippen LogP contribution in [-0.4, -0.2) is 30.2 Å². The molecule has 0 aromatic heterocycles. The van der Waals surface area contributed by atoms with E-state index in [4.69, 9.17) is 13.2 Å². The van der Waals surface area contributed by atoms with Gasteiger partial charge in [-0.15, -0.1) is 0 Å². The molecule has 0 aromatic carbocycles. The topological polar surface area (TPSA) is 77.8 Å². The van der Waals surface area contributed by atoms with Gasteiger partial charge in [-0.3, -0.25) is 28.2 Å². The van der Waals surface area contributed by atoms with Crippen LogP contribution in [0, 0.1) is 0 Å². The van der Waals surface area contributed by atoms with Gasteiger partial charge in [0.1, 0.15) is 0 Å². The van der Waals surface area contributed by atoms with Gasteiger partial charge in [0.05, 0.1) is 0 Å². The van der Waals surface area contributed by atoms with Gasteiger partial charge in [0.2, 0.25) is 0 Å².